The van der Waals surface area contributed by atoms with E-state index in [9.17, 15) is 0 Å². The van der Waals surface area contributed by atoms with Crippen molar-refractivity contribution in [3.63, 3.8) is 0 Å². The lowest BCUT2D eigenvalue weighted by atomic mass is 10.0. The summed E-state index contributed by atoms with van der Waals surface area (Å²) in [5.41, 5.74) is 5.65. The van der Waals surface area contributed by atoms with E-state index < -0.39 is 0 Å². The van der Waals surface area contributed by atoms with Crippen molar-refractivity contribution < 1.29 is 0 Å². The van der Waals surface area contributed by atoms with Crippen molar-refractivity contribution in [2.24, 2.45) is 0 Å². The average molecular weight is 335 g/mol. The minimum Gasteiger partial charge on any atom is -0.0839 e. The van der Waals surface area contributed by atoms with E-state index >= 15 is 0 Å². The third-order valence-electron chi connectivity index (χ3n) is 4.78. The summed E-state index contributed by atoms with van der Waals surface area (Å²) in [7, 11) is 0. The number of aryl methyl sites for hydroxylation is 3. The number of allylic oxidation sites excluding steroid dienone is 1. The number of benzene rings is 2. The average Bonchev–Trinajstić information content (AvgIpc) is 2.65. The molecule has 0 bridgehead atoms. The number of hydrogen-bond donors (Lipinski definition) is 0. The molecule has 0 heterocycles. The standard InChI is InChI=1S/C25H34/c1-3-5-6-7-8-9-11-23-14-18-25(19-15-23)21-20-24-16-12-22(10-4-2)13-17-24/h9,11-19H,3-8,10,20-21H2,1-2H3/b11-9+. The Labute approximate surface area is 155 Å². The van der Waals surface area contributed by atoms with Crippen LogP contribution in [0.5, 0.6) is 0 Å². The van der Waals surface area contributed by atoms with Gasteiger partial charge in [-0.2, -0.15) is 0 Å². The van der Waals surface area contributed by atoms with Gasteiger partial charge < -0.3 is 0 Å². The highest BCUT2D eigenvalue weighted by atomic mass is 14.0. The molecule has 2 aromatic rings. The molecule has 0 spiro atoms. The zero-order chi connectivity index (χ0) is 17.7. The van der Waals surface area contributed by atoms with Crippen molar-refractivity contribution >= 4 is 6.08 Å². The second kappa shape index (κ2) is 11.7. The molecule has 25 heavy (non-hydrogen) atoms. The Morgan fingerprint density at radius 2 is 1.16 bits per heavy atom. The summed E-state index contributed by atoms with van der Waals surface area (Å²) in [5.74, 6) is 0. The van der Waals surface area contributed by atoms with E-state index in [1.807, 2.05) is 0 Å². The highest BCUT2D eigenvalue weighted by Crippen LogP contribution is 2.13. The van der Waals surface area contributed by atoms with E-state index in [0.717, 1.165) is 12.8 Å². The van der Waals surface area contributed by atoms with Gasteiger partial charge in [-0.1, -0.05) is 100 Å². The van der Waals surface area contributed by atoms with Gasteiger partial charge in [-0.15, -0.1) is 0 Å². The van der Waals surface area contributed by atoms with Crippen molar-refractivity contribution in [2.75, 3.05) is 0 Å². The zero-order valence-corrected chi connectivity index (χ0v) is 16.1. The molecule has 134 valence electrons. The quantitative estimate of drug-likeness (QED) is 0.375. The highest BCUT2D eigenvalue weighted by molar-refractivity contribution is 5.49. The van der Waals surface area contributed by atoms with Crippen LogP contribution in [0, 0.1) is 0 Å². The minimum atomic E-state index is 1.12. The van der Waals surface area contributed by atoms with Gasteiger partial charge >= 0.3 is 0 Å². The van der Waals surface area contributed by atoms with Gasteiger partial charge in [-0.25, -0.2) is 0 Å². The Balaban J connectivity index is 1.75. The molecule has 0 aromatic heterocycles. The predicted octanol–water partition coefficient (Wildman–Crippen LogP) is 7.41. The van der Waals surface area contributed by atoms with Crippen LogP contribution >= 0.6 is 0 Å². The van der Waals surface area contributed by atoms with Crippen molar-refractivity contribution in [2.45, 2.75) is 71.6 Å². The highest BCUT2D eigenvalue weighted by Gasteiger charge is 1.97. The molecule has 2 aromatic carbocycles. The van der Waals surface area contributed by atoms with E-state index in [0.29, 0.717) is 0 Å². The Morgan fingerprint density at radius 3 is 1.72 bits per heavy atom. The van der Waals surface area contributed by atoms with Crippen LogP contribution < -0.4 is 0 Å². The smallest absolute Gasteiger partial charge is 0.0238 e. The fraction of sp³-hybridized carbons (Fsp3) is 0.440. The maximum atomic E-state index is 2.32. The molecule has 0 saturated carbocycles. The summed E-state index contributed by atoms with van der Waals surface area (Å²) in [5, 5.41) is 0. The van der Waals surface area contributed by atoms with Crippen LogP contribution in [0.3, 0.4) is 0 Å². The summed E-state index contributed by atoms with van der Waals surface area (Å²) in [4.78, 5) is 0. The van der Waals surface area contributed by atoms with E-state index in [1.54, 1.807) is 0 Å². The molecule has 0 nitrogen and oxygen atoms in total. The molecule has 0 N–H and O–H groups in total. The second-order valence-electron chi connectivity index (χ2n) is 7.06. The van der Waals surface area contributed by atoms with Gasteiger partial charge in [0.1, 0.15) is 0 Å². The molecular weight excluding hydrogens is 300 g/mol. The molecule has 0 saturated heterocycles. The van der Waals surface area contributed by atoms with Crippen molar-refractivity contribution in [1.29, 1.82) is 0 Å². The van der Waals surface area contributed by atoms with E-state index in [1.165, 1.54) is 67.2 Å². The number of unbranched alkanes of at least 4 members (excludes halogenated alkanes) is 4. The lowest BCUT2D eigenvalue weighted by molar-refractivity contribution is 0.675. The summed E-state index contributed by atoms with van der Waals surface area (Å²) in [6.07, 6.45) is 15.8. The molecule has 0 radical (unpaired) electrons. The molecule has 0 aliphatic rings. The lowest BCUT2D eigenvalue weighted by Crippen LogP contribution is -1.92. The summed E-state index contributed by atoms with van der Waals surface area (Å²) in [6, 6.07) is 18.2. The first-order valence-electron chi connectivity index (χ1n) is 10.1. The Morgan fingerprint density at radius 1 is 0.600 bits per heavy atom. The van der Waals surface area contributed by atoms with Gasteiger partial charge in [0.05, 0.1) is 0 Å². The van der Waals surface area contributed by atoms with Crippen LogP contribution in [-0.2, 0) is 19.3 Å². The first kappa shape index (κ1) is 19.5. The van der Waals surface area contributed by atoms with Crippen LogP contribution in [0.15, 0.2) is 54.6 Å². The van der Waals surface area contributed by atoms with Crippen LogP contribution in [0.1, 0.15) is 74.6 Å². The molecule has 0 aliphatic heterocycles. The van der Waals surface area contributed by atoms with Gasteiger partial charge in [0.15, 0.2) is 0 Å². The van der Waals surface area contributed by atoms with E-state index in [-0.39, 0.29) is 0 Å². The topological polar surface area (TPSA) is 0 Å². The van der Waals surface area contributed by atoms with Crippen LogP contribution in [0.25, 0.3) is 6.08 Å². The molecule has 0 amide bonds. The fourth-order valence-corrected chi connectivity index (χ4v) is 3.15. The van der Waals surface area contributed by atoms with Gasteiger partial charge in [-0.05, 0) is 54.4 Å². The molecular formula is C25H34. The molecule has 0 heteroatoms. The zero-order valence-electron chi connectivity index (χ0n) is 16.1. The maximum Gasteiger partial charge on any atom is -0.0238 e. The van der Waals surface area contributed by atoms with Crippen LogP contribution in [0.4, 0.5) is 0 Å². The molecule has 0 atom stereocenters. The molecule has 0 fully saturated rings. The molecule has 2 rings (SSSR count). The van der Waals surface area contributed by atoms with Crippen LogP contribution in [0.2, 0.25) is 0 Å². The third kappa shape index (κ3) is 7.73. The lowest BCUT2D eigenvalue weighted by Gasteiger charge is -2.05. The Hall–Kier alpha value is -1.82. The number of rotatable bonds is 11. The van der Waals surface area contributed by atoms with Gasteiger partial charge in [0, 0.05) is 0 Å². The van der Waals surface area contributed by atoms with Crippen molar-refractivity contribution in [3.8, 4) is 0 Å². The van der Waals surface area contributed by atoms with E-state index in [2.05, 4.69) is 74.5 Å². The Kier molecular flexibility index (Phi) is 9.12. The normalized spacial score (nSPS) is 11.3. The van der Waals surface area contributed by atoms with Gasteiger partial charge in [-0.3, -0.25) is 0 Å². The molecule has 0 aliphatic carbocycles. The van der Waals surface area contributed by atoms with E-state index in [4.69, 9.17) is 0 Å². The summed E-state index contributed by atoms with van der Waals surface area (Å²) < 4.78 is 0. The van der Waals surface area contributed by atoms with Gasteiger partial charge in [0.2, 0.25) is 0 Å². The third-order valence-corrected chi connectivity index (χ3v) is 4.78. The number of hydrogen-bond acceptors (Lipinski definition) is 0. The second-order valence-corrected chi connectivity index (χ2v) is 7.06. The molecule has 0 unspecified atom stereocenters. The first-order chi connectivity index (χ1) is 12.3. The minimum absolute atomic E-state index is 1.12. The van der Waals surface area contributed by atoms with Crippen LogP contribution in [-0.4, -0.2) is 0 Å². The van der Waals surface area contributed by atoms with Crippen molar-refractivity contribution in [3.05, 3.63) is 76.9 Å². The summed E-state index contributed by atoms with van der Waals surface area (Å²) >= 11 is 0. The van der Waals surface area contributed by atoms with Gasteiger partial charge in [0.25, 0.3) is 0 Å². The predicted molar refractivity (Wildman–Crippen MR) is 112 cm³/mol. The fourth-order valence-electron chi connectivity index (χ4n) is 3.15. The first-order valence-corrected chi connectivity index (χ1v) is 10.1. The largest absolute Gasteiger partial charge is 0.0839 e. The maximum absolute atomic E-state index is 2.32. The Bertz CT molecular complexity index is 601. The monoisotopic (exact) mass is 334 g/mol. The van der Waals surface area contributed by atoms with Crippen molar-refractivity contribution in [1.82, 2.24) is 0 Å². The SMILES string of the molecule is CCCCCC/C=C/c1ccc(CCc2ccc(CCC)cc2)cc1. The summed E-state index contributed by atoms with van der Waals surface area (Å²) in [6.45, 7) is 4.50.